The van der Waals surface area contributed by atoms with E-state index in [1.165, 1.54) is 83.5 Å². The molecule has 0 aromatic carbocycles. The Kier molecular flexibility index (Phi) is 32.4. The van der Waals surface area contributed by atoms with Gasteiger partial charge in [0.25, 0.3) is 0 Å². The predicted molar refractivity (Wildman–Crippen MR) is 226 cm³/mol. The van der Waals surface area contributed by atoms with Crippen molar-refractivity contribution < 1.29 is 63.1 Å². The second-order valence-corrected chi connectivity index (χ2v) is 17.0. The number of phosphoric acid groups is 1. The van der Waals surface area contributed by atoms with Crippen molar-refractivity contribution >= 4 is 19.8 Å². The third-order valence-electron chi connectivity index (χ3n) is 10.2. The average Bonchev–Trinajstić information content (AvgIpc) is 3.20. The Labute approximate surface area is 348 Å². The van der Waals surface area contributed by atoms with Gasteiger partial charge in [0.05, 0.1) is 6.61 Å². The molecule has 1 aliphatic rings. The van der Waals surface area contributed by atoms with Crippen molar-refractivity contribution in [3.05, 3.63) is 36.5 Å². The smallest absolute Gasteiger partial charge is 0.462 e. The number of rotatable bonds is 36. The van der Waals surface area contributed by atoms with Gasteiger partial charge in [0.1, 0.15) is 43.2 Å². The van der Waals surface area contributed by atoms with Crippen molar-refractivity contribution in [3.8, 4) is 0 Å². The summed E-state index contributed by atoms with van der Waals surface area (Å²) in [4.78, 5) is 35.6. The third kappa shape index (κ3) is 27.0. The fourth-order valence-corrected chi connectivity index (χ4v) is 7.56. The summed E-state index contributed by atoms with van der Waals surface area (Å²) in [6.07, 6.45) is 24.9. The van der Waals surface area contributed by atoms with Crippen LogP contribution in [0.15, 0.2) is 36.5 Å². The van der Waals surface area contributed by atoms with Crippen LogP contribution in [0.5, 0.6) is 0 Å². The molecule has 13 nitrogen and oxygen atoms in total. The van der Waals surface area contributed by atoms with Crippen LogP contribution in [0.3, 0.4) is 0 Å². The molecule has 1 rings (SSSR count). The lowest BCUT2D eigenvalue weighted by atomic mass is 9.85. The number of carbonyl (C=O) groups excluding carboxylic acids is 2. The van der Waals surface area contributed by atoms with Crippen LogP contribution >= 0.6 is 7.82 Å². The molecule has 0 spiro atoms. The van der Waals surface area contributed by atoms with Gasteiger partial charge in [0, 0.05) is 12.8 Å². The quantitative estimate of drug-likeness (QED) is 0.0152. The van der Waals surface area contributed by atoms with E-state index in [2.05, 4.69) is 50.3 Å². The van der Waals surface area contributed by atoms with Crippen LogP contribution in [0.2, 0.25) is 0 Å². The molecule has 1 fully saturated rings. The minimum absolute atomic E-state index is 0.0493. The maximum atomic E-state index is 12.8. The summed E-state index contributed by atoms with van der Waals surface area (Å²) in [5, 5.41) is 50.1. The lowest BCUT2D eigenvalue weighted by Gasteiger charge is -2.41. The molecule has 0 aromatic heterocycles. The number of hydrogen-bond acceptors (Lipinski definition) is 12. The van der Waals surface area contributed by atoms with E-state index < -0.39 is 75.7 Å². The van der Waals surface area contributed by atoms with Crippen molar-refractivity contribution in [2.24, 2.45) is 0 Å². The Hall–Kier alpha value is -1.93. The zero-order chi connectivity index (χ0) is 42.9. The zero-order valence-corrected chi connectivity index (χ0v) is 36.5. The van der Waals surface area contributed by atoms with Crippen LogP contribution in [0.4, 0.5) is 0 Å². The molecule has 0 aromatic rings. The van der Waals surface area contributed by atoms with E-state index in [-0.39, 0.29) is 12.8 Å². The minimum atomic E-state index is -5.12. The number of allylic oxidation sites excluding steroid dienone is 6. The molecule has 0 radical (unpaired) electrons. The van der Waals surface area contributed by atoms with Gasteiger partial charge in [0.15, 0.2) is 6.10 Å². The summed E-state index contributed by atoms with van der Waals surface area (Å²) in [6, 6.07) is 0. The van der Waals surface area contributed by atoms with Gasteiger partial charge >= 0.3 is 19.8 Å². The maximum absolute atomic E-state index is 12.8. The number of carbonyl (C=O) groups is 2. The van der Waals surface area contributed by atoms with Crippen molar-refractivity contribution in [1.29, 1.82) is 0 Å². The first-order chi connectivity index (χ1) is 27.9. The van der Waals surface area contributed by atoms with E-state index in [1.807, 2.05) is 0 Å². The van der Waals surface area contributed by atoms with Crippen LogP contribution in [0.1, 0.15) is 174 Å². The van der Waals surface area contributed by atoms with Gasteiger partial charge in [-0.1, -0.05) is 147 Å². The largest absolute Gasteiger partial charge is 0.472 e. The Morgan fingerprint density at radius 2 is 0.931 bits per heavy atom. The van der Waals surface area contributed by atoms with Gasteiger partial charge in [-0.2, -0.15) is 0 Å². The van der Waals surface area contributed by atoms with Crippen LogP contribution in [0, 0.1) is 0 Å². The highest BCUT2D eigenvalue weighted by atomic mass is 31.2. The summed E-state index contributed by atoms with van der Waals surface area (Å²) in [7, 11) is -5.12. The summed E-state index contributed by atoms with van der Waals surface area (Å²) < 4.78 is 33.4. The van der Waals surface area contributed by atoms with E-state index >= 15 is 0 Å². The van der Waals surface area contributed by atoms with Gasteiger partial charge in [-0.15, -0.1) is 0 Å². The number of ether oxygens (including phenoxy) is 2. The fourth-order valence-electron chi connectivity index (χ4n) is 6.59. The Balaban J connectivity index is 2.51. The predicted octanol–water partition coefficient (Wildman–Crippen LogP) is 8.22. The Morgan fingerprint density at radius 1 is 0.534 bits per heavy atom. The van der Waals surface area contributed by atoms with E-state index in [4.69, 9.17) is 18.5 Å². The molecule has 0 heterocycles. The van der Waals surface area contributed by atoms with Crippen LogP contribution in [-0.4, -0.2) is 98.3 Å². The molecule has 6 N–H and O–H groups in total. The van der Waals surface area contributed by atoms with E-state index in [0.29, 0.717) is 12.8 Å². The van der Waals surface area contributed by atoms with Crippen molar-refractivity contribution in [2.75, 3.05) is 13.2 Å². The molecule has 6 unspecified atom stereocenters. The van der Waals surface area contributed by atoms with Gasteiger partial charge in [-0.05, 0) is 51.4 Å². The Morgan fingerprint density at radius 3 is 1.45 bits per heavy atom. The number of unbranched alkanes of at least 4 members (excludes halogenated alkanes) is 18. The van der Waals surface area contributed by atoms with Crippen LogP contribution in [-0.2, 0) is 32.7 Å². The molecule has 0 saturated heterocycles. The normalized spacial score (nSPS) is 22.8. The van der Waals surface area contributed by atoms with Gasteiger partial charge in [-0.25, -0.2) is 4.57 Å². The molecule has 0 amide bonds. The number of hydrogen-bond donors (Lipinski definition) is 6. The van der Waals surface area contributed by atoms with Crippen LogP contribution < -0.4 is 0 Å². The molecular formula is C44H79O13P. The number of esters is 2. The first-order valence-electron chi connectivity index (χ1n) is 22.3. The SMILES string of the molecule is CCCCC/C=C/C/C=C/C/C=C/CCCCC(=O)O[C@@H](COC(=O)CCCCCCCCCCCCCCCC)COP(=O)(O)OC1C(O)C(O)C(O)[C@H](O)C1O. The minimum Gasteiger partial charge on any atom is -0.462 e. The zero-order valence-electron chi connectivity index (χ0n) is 35.6. The maximum Gasteiger partial charge on any atom is 0.472 e. The van der Waals surface area contributed by atoms with Crippen molar-refractivity contribution in [1.82, 2.24) is 0 Å². The van der Waals surface area contributed by atoms with Crippen molar-refractivity contribution in [3.63, 3.8) is 0 Å². The Bertz CT molecular complexity index is 1160. The molecule has 1 saturated carbocycles. The highest BCUT2D eigenvalue weighted by Crippen LogP contribution is 2.47. The molecule has 338 valence electrons. The molecule has 0 bridgehead atoms. The summed E-state index contributed by atoms with van der Waals surface area (Å²) >= 11 is 0. The molecular weight excluding hydrogens is 767 g/mol. The van der Waals surface area contributed by atoms with Crippen molar-refractivity contribution in [2.45, 2.75) is 217 Å². The fraction of sp³-hybridized carbons (Fsp3) is 0.818. The lowest BCUT2D eigenvalue weighted by Crippen LogP contribution is -2.64. The van der Waals surface area contributed by atoms with Gasteiger partial charge in [0.2, 0.25) is 0 Å². The molecule has 14 heteroatoms. The second-order valence-electron chi connectivity index (χ2n) is 15.6. The standard InChI is InChI=1S/C44H79O13P/c1-3-5-7-9-11-13-15-17-19-21-23-25-27-29-31-33-38(46)56-36(35-55-58(52,53)57-44-42(50)40(48)39(47)41(49)43(44)51)34-54-37(45)32-30-28-26-24-22-20-18-16-14-12-10-8-6-4-2/h11,13,17,19,23,25,36,39-44,47-51H,3-10,12,14-16,18,20-22,24,26-35H2,1-2H3,(H,52,53)/b13-11+,19-17+,25-23+/t36-,39?,40-,41?,42?,43?,44?/m0/s1. The van der Waals surface area contributed by atoms with Gasteiger partial charge in [-0.3, -0.25) is 18.6 Å². The topological polar surface area (TPSA) is 210 Å². The molecule has 0 aliphatic heterocycles. The molecule has 8 atom stereocenters. The first kappa shape index (κ1) is 54.1. The summed E-state index contributed by atoms with van der Waals surface area (Å²) in [5.41, 5.74) is 0. The first-order valence-corrected chi connectivity index (χ1v) is 23.8. The highest BCUT2D eigenvalue weighted by Gasteiger charge is 2.51. The monoisotopic (exact) mass is 847 g/mol. The van der Waals surface area contributed by atoms with Crippen LogP contribution in [0.25, 0.3) is 0 Å². The number of phosphoric ester groups is 1. The third-order valence-corrected chi connectivity index (χ3v) is 11.2. The molecule has 1 aliphatic carbocycles. The van der Waals surface area contributed by atoms with E-state index in [0.717, 1.165) is 51.4 Å². The van der Waals surface area contributed by atoms with Gasteiger partial charge < -0.3 is 39.9 Å². The van der Waals surface area contributed by atoms with E-state index in [1.54, 1.807) is 0 Å². The second kappa shape index (κ2) is 34.7. The molecule has 58 heavy (non-hydrogen) atoms. The van der Waals surface area contributed by atoms with E-state index in [9.17, 15) is 44.6 Å². The summed E-state index contributed by atoms with van der Waals surface area (Å²) in [5.74, 6) is -1.14. The lowest BCUT2D eigenvalue weighted by molar-refractivity contribution is -0.220. The number of aliphatic hydroxyl groups excluding tert-OH is 5. The summed E-state index contributed by atoms with van der Waals surface area (Å²) in [6.45, 7) is 3.23. The number of aliphatic hydroxyl groups is 5. The average molecular weight is 847 g/mol. The highest BCUT2D eigenvalue weighted by molar-refractivity contribution is 7.47.